The predicted octanol–water partition coefficient (Wildman–Crippen LogP) is 5.05. The van der Waals surface area contributed by atoms with Crippen molar-refractivity contribution in [3.05, 3.63) is 70.3 Å². The summed E-state index contributed by atoms with van der Waals surface area (Å²) in [4.78, 5) is 16.5. The highest BCUT2D eigenvalue weighted by Crippen LogP contribution is 2.25. The lowest BCUT2D eigenvalue weighted by molar-refractivity contribution is -0.116. The Hall–Kier alpha value is -2.98. The largest absolute Gasteiger partial charge is 0.411 e. The van der Waals surface area contributed by atoms with Gasteiger partial charge in [-0.1, -0.05) is 51.0 Å². The van der Waals surface area contributed by atoms with E-state index in [0.717, 1.165) is 21.3 Å². The first-order valence-corrected chi connectivity index (χ1v) is 11.2. The van der Waals surface area contributed by atoms with E-state index in [1.807, 2.05) is 55.5 Å². The molecular weight excluding hydrogens is 482 g/mol. The molecule has 0 aliphatic rings. The lowest BCUT2D eigenvalue weighted by Crippen LogP contribution is -2.12. The summed E-state index contributed by atoms with van der Waals surface area (Å²) in [5.74, 6) is 1.68. The number of aryl methyl sites for hydroxylation is 2. The zero-order valence-corrected chi connectivity index (χ0v) is 18.9. The molecule has 0 saturated heterocycles. The van der Waals surface area contributed by atoms with Gasteiger partial charge in [0.1, 0.15) is 0 Å². The van der Waals surface area contributed by atoms with Crippen LogP contribution in [0.25, 0.3) is 11.5 Å². The number of benzene rings is 2. The van der Waals surface area contributed by atoms with E-state index in [2.05, 4.69) is 41.6 Å². The smallest absolute Gasteiger partial charge is 0.277 e. The van der Waals surface area contributed by atoms with Gasteiger partial charge >= 0.3 is 0 Å². The first kappa shape index (κ1) is 21.3. The second-order valence-corrected chi connectivity index (χ2v) is 8.43. The third kappa shape index (κ3) is 5.80. The Morgan fingerprint density at radius 2 is 2.00 bits per heavy atom. The molecule has 0 spiro atoms. The summed E-state index contributed by atoms with van der Waals surface area (Å²) in [6, 6.07) is 15.2. The van der Waals surface area contributed by atoms with Gasteiger partial charge in [-0.15, -0.1) is 10.2 Å². The molecule has 2 aromatic carbocycles. The molecule has 31 heavy (non-hydrogen) atoms. The van der Waals surface area contributed by atoms with Crippen LogP contribution in [0.1, 0.15) is 23.7 Å². The molecule has 0 saturated carbocycles. The standard InChI is InChI=1S/C21H18BrN5O3S/c1-13-11-15(7-8-16(13)22)23-18(28)9-10-19-24-17(27-30-19)12-31-21-26-25-20(29-21)14-5-3-2-4-6-14/h2-8,11H,9-10,12H2,1H3,(H,23,28). The van der Waals surface area contributed by atoms with Crippen molar-refractivity contribution >= 4 is 39.3 Å². The monoisotopic (exact) mass is 499 g/mol. The topological polar surface area (TPSA) is 107 Å². The summed E-state index contributed by atoms with van der Waals surface area (Å²) in [6.45, 7) is 1.97. The van der Waals surface area contributed by atoms with Gasteiger partial charge in [0, 0.05) is 28.6 Å². The Kier molecular flexibility index (Phi) is 6.78. The fraction of sp³-hybridized carbons (Fsp3) is 0.190. The van der Waals surface area contributed by atoms with Crippen molar-refractivity contribution < 1.29 is 13.7 Å². The summed E-state index contributed by atoms with van der Waals surface area (Å²) >= 11 is 4.77. The number of nitrogens with zero attached hydrogens (tertiary/aromatic N) is 4. The summed E-state index contributed by atoms with van der Waals surface area (Å²) in [5.41, 5.74) is 2.66. The van der Waals surface area contributed by atoms with Crippen LogP contribution in [0.5, 0.6) is 0 Å². The summed E-state index contributed by atoms with van der Waals surface area (Å²) < 4.78 is 11.9. The van der Waals surface area contributed by atoms with Crippen LogP contribution in [0.3, 0.4) is 0 Å². The van der Waals surface area contributed by atoms with Crippen LogP contribution in [0.15, 0.2) is 67.2 Å². The molecule has 4 rings (SSSR count). The highest BCUT2D eigenvalue weighted by molar-refractivity contribution is 9.10. The summed E-state index contributed by atoms with van der Waals surface area (Å²) in [5, 5.41) is 15.3. The fourth-order valence-corrected chi connectivity index (χ4v) is 3.56. The number of aromatic nitrogens is 4. The number of rotatable bonds is 8. The molecule has 0 aliphatic carbocycles. The van der Waals surface area contributed by atoms with Gasteiger partial charge in [-0.25, -0.2) is 0 Å². The van der Waals surface area contributed by atoms with Crippen LogP contribution in [0, 0.1) is 6.92 Å². The van der Waals surface area contributed by atoms with Crippen molar-refractivity contribution in [2.75, 3.05) is 5.32 Å². The van der Waals surface area contributed by atoms with Crippen LogP contribution in [0.2, 0.25) is 0 Å². The van der Waals surface area contributed by atoms with Gasteiger partial charge in [0.25, 0.3) is 5.22 Å². The lowest BCUT2D eigenvalue weighted by atomic mass is 10.2. The van der Waals surface area contributed by atoms with Crippen LogP contribution in [0.4, 0.5) is 5.69 Å². The van der Waals surface area contributed by atoms with Crippen LogP contribution in [-0.2, 0) is 17.0 Å². The van der Waals surface area contributed by atoms with Crippen LogP contribution in [-0.4, -0.2) is 26.2 Å². The van der Waals surface area contributed by atoms with E-state index in [0.29, 0.717) is 35.0 Å². The number of hydrogen-bond donors (Lipinski definition) is 1. The molecule has 2 aromatic heterocycles. The fourth-order valence-electron chi connectivity index (χ4n) is 2.71. The van der Waals surface area contributed by atoms with Gasteiger partial charge in [0.2, 0.25) is 17.7 Å². The van der Waals surface area contributed by atoms with Crippen LogP contribution >= 0.6 is 27.7 Å². The third-order valence-corrected chi connectivity index (χ3v) is 5.97. The van der Waals surface area contributed by atoms with Gasteiger partial charge in [-0.2, -0.15) is 4.98 Å². The molecule has 0 atom stereocenters. The van der Waals surface area contributed by atoms with Crippen molar-refractivity contribution in [1.29, 1.82) is 0 Å². The minimum absolute atomic E-state index is 0.116. The molecule has 0 fully saturated rings. The highest BCUT2D eigenvalue weighted by Gasteiger charge is 2.13. The first-order valence-electron chi connectivity index (χ1n) is 9.46. The number of anilines is 1. The van der Waals surface area contributed by atoms with Crippen molar-refractivity contribution in [2.24, 2.45) is 0 Å². The molecule has 158 valence electrons. The minimum atomic E-state index is -0.116. The Balaban J connectivity index is 1.25. The van der Waals surface area contributed by atoms with E-state index >= 15 is 0 Å². The van der Waals surface area contributed by atoms with Gasteiger partial charge in [-0.05, 0) is 42.8 Å². The molecular formula is C21H18BrN5O3S. The summed E-state index contributed by atoms with van der Waals surface area (Å²) in [7, 11) is 0. The van der Waals surface area contributed by atoms with E-state index in [9.17, 15) is 4.79 Å². The van der Waals surface area contributed by atoms with Crippen molar-refractivity contribution in [3.63, 3.8) is 0 Å². The zero-order valence-electron chi connectivity index (χ0n) is 16.5. The molecule has 2 heterocycles. The zero-order chi connectivity index (χ0) is 21.6. The summed E-state index contributed by atoms with van der Waals surface area (Å²) in [6.07, 6.45) is 0.603. The van der Waals surface area contributed by atoms with E-state index in [1.165, 1.54) is 11.8 Å². The first-order chi connectivity index (χ1) is 15.1. The Morgan fingerprint density at radius 3 is 2.81 bits per heavy atom. The number of hydrogen-bond acceptors (Lipinski definition) is 8. The van der Waals surface area contributed by atoms with Crippen molar-refractivity contribution in [3.8, 4) is 11.5 Å². The molecule has 0 unspecified atom stereocenters. The second kappa shape index (κ2) is 9.88. The quantitative estimate of drug-likeness (QED) is 0.335. The third-order valence-electron chi connectivity index (χ3n) is 4.27. The maximum atomic E-state index is 12.2. The van der Waals surface area contributed by atoms with Gasteiger partial charge in [0.05, 0.1) is 5.75 Å². The molecule has 0 bridgehead atoms. The number of carbonyl (C=O) groups excluding carboxylic acids is 1. The SMILES string of the molecule is Cc1cc(NC(=O)CCc2nc(CSc3nnc(-c4ccccc4)o3)no2)ccc1Br. The molecule has 1 N–H and O–H groups in total. The van der Waals surface area contributed by atoms with E-state index < -0.39 is 0 Å². The number of nitrogens with one attached hydrogen (secondary N) is 1. The predicted molar refractivity (Wildman–Crippen MR) is 119 cm³/mol. The highest BCUT2D eigenvalue weighted by atomic mass is 79.9. The Morgan fingerprint density at radius 1 is 1.16 bits per heavy atom. The van der Waals surface area contributed by atoms with E-state index in [4.69, 9.17) is 8.94 Å². The van der Waals surface area contributed by atoms with Gasteiger partial charge < -0.3 is 14.3 Å². The average Bonchev–Trinajstić information content (AvgIpc) is 3.44. The van der Waals surface area contributed by atoms with Crippen molar-refractivity contribution in [2.45, 2.75) is 30.7 Å². The maximum absolute atomic E-state index is 12.2. The Bertz CT molecular complexity index is 1180. The minimum Gasteiger partial charge on any atom is -0.411 e. The van der Waals surface area contributed by atoms with Crippen molar-refractivity contribution in [1.82, 2.24) is 20.3 Å². The molecule has 4 aromatic rings. The number of thioether (sulfide) groups is 1. The molecule has 0 radical (unpaired) electrons. The Labute approximate surface area is 191 Å². The molecule has 0 aliphatic heterocycles. The van der Waals surface area contributed by atoms with E-state index in [1.54, 1.807) is 0 Å². The maximum Gasteiger partial charge on any atom is 0.277 e. The number of carbonyl (C=O) groups is 1. The number of halogens is 1. The normalized spacial score (nSPS) is 10.9. The lowest BCUT2D eigenvalue weighted by Gasteiger charge is -2.06. The average molecular weight is 500 g/mol. The van der Waals surface area contributed by atoms with Gasteiger partial charge in [-0.3, -0.25) is 4.79 Å². The molecule has 8 nitrogen and oxygen atoms in total. The number of amides is 1. The van der Waals surface area contributed by atoms with Crippen LogP contribution < -0.4 is 5.32 Å². The molecule has 1 amide bonds. The molecule has 10 heteroatoms. The second-order valence-electron chi connectivity index (χ2n) is 6.64. The van der Waals surface area contributed by atoms with Gasteiger partial charge in [0.15, 0.2) is 5.82 Å². The van der Waals surface area contributed by atoms with E-state index in [-0.39, 0.29) is 12.3 Å².